The summed E-state index contributed by atoms with van der Waals surface area (Å²) in [5.41, 5.74) is 1.21. The van der Waals surface area contributed by atoms with Crippen LogP contribution < -0.4 is 10.1 Å². The predicted octanol–water partition coefficient (Wildman–Crippen LogP) is 3.69. The fraction of sp³-hybridized carbons (Fsp3) is 0.214. The second-order valence-electron chi connectivity index (χ2n) is 4.84. The number of amides is 1. The van der Waals surface area contributed by atoms with Crippen LogP contribution in [0.1, 0.15) is 5.69 Å². The van der Waals surface area contributed by atoms with Crippen LogP contribution in [0, 0.1) is 6.92 Å². The molecular weight excluding hydrogens is 362 g/mol. The number of nitrogens with zero attached hydrogens (tertiary/aromatic N) is 3. The summed E-state index contributed by atoms with van der Waals surface area (Å²) in [5.74, 6) is -0.280. The summed E-state index contributed by atoms with van der Waals surface area (Å²) in [4.78, 5) is 16.2. The predicted molar refractivity (Wildman–Crippen MR) is 86.9 cm³/mol. The van der Waals surface area contributed by atoms with E-state index in [-0.39, 0.29) is 18.2 Å². The van der Waals surface area contributed by atoms with Crippen LogP contribution in [-0.2, 0) is 11.3 Å². The van der Waals surface area contributed by atoms with E-state index < -0.39 is 6.61 Å². The lowest BCUT2D eigenvalue weighted by atomic mass is 10.3. The molecule has 1 aromatic carbocycles. The number of thiazole rings is 1. The third-order valence-electron chi connectivity index (χ3n) is 3.02. The van der Waals surface area contributed by atoms with Crippen molar-refractivity contribution < 1.29 is 18.3 Å². The lowest BCUT2D eigenvalue weighted by Crippen LogP contribution is -2.18. The standard InChI is InChI=1S/C14H11ClF2N4O2S/c1-7-9(15)5-21(20-7)6-12(22)19-14-18-10-3-2-8(23-13(16)17)4-11(10)24-14/h2-5,13H,6H2,1H3,(H,18,19,22). The summed E-state index contributed by atoms with van der Waals surface area (Å²) in [5, 5.41) is 7.58. The number of aryl methyl sites for hydroxylation is 1. The Bertz CT molecular complexity index is 877. The molecule has 1 N–H and O–H groups in total. The number of carbonyl (C=O) groups excluding carboxylic acids is 1. The van der Waals surface area contributed by atoms with Crippen LogP contribution in [-0.4, -0.2) is 27.3 Å². The molecule has 0 radical (unpaired) electrons. The number of fused-ring (bicyclic) bond motifs is 1. The van der Waals surface area contributed by atoms with Crippen molar-refractivity contribution in [2.45, 2.75) is 20.1 Å². The van der Waals surface area contributed by atoms with E-state index in [1.807, 2.05) is 0 Å². The van der Waals surface area contributed by atoms with Crippen LogP contribution >= 0.6 is 22.9 Å². The highest BCUT2D eigenvalue weighted by molar-refractivity contribution is 7.22. The smallest absolute Gasteiger partial charge is 0.387 e. The van der Waals surface area contributed by atoms with Crippen molar-refractivity contribution in [3.63, 3.8) is 0 Å². The van der Waals surface area contributed by atoms with Gasteiger partial charge in [0.15, 0.2) is 5.13 Å². The SMILES string of the molecule is Cc1nn(CC(=O)Nc2nc3ccc(OC(F)F)cc3s2)cc1Cl. The van der Waals surface area contributed by atoms with E-state index in [0.29, 0.717) is 26.1 Å². The first-order chi connectivity index (χ1) is 11.4. The number of anilines is 1. The number of hydrogen-bond acceptors (Lipinski definition) is 5. The Labute approximate surface area is 144 Å². The van der Waals surface area contributed by atoms with E-state index in [1.54, 1.807) is 19.2 Å². The minimum atomic E-state index is -2.89. The normalized spacial score (nSPS) is 11.2. The summed E-state index contributed by atoms with van der Waals surface area (Å²) in [6.07, 6.45) is 1.56. The number of nitrogens with one attached hydrogen (secondary N) is 1. The highest BCUT2D eigenvalue weighted by atomic mass is 35.5. The number of halogens is 3. The van der Waals surface area contributed by atoms with E-state index in [0.717, 1.165) is 11.3 Å². The van der Waals surface area contributed by atoms with Gasteiger partial charge in [0.05, 0.1) is 20.9 Å². The van der Waals surface area contributed by atoms with Crippen LogP contribution in [0.4, 0.5) is 13.9 Å². The van der Waals surface area contributed by atoms with Crippen molar-refractivity contribution in [2.75, 3.05) is 5.32 Å². The molecule has 0 bridgehead atoms. The van der Waals surface area contributed by atoms with Crippen LogP contribution in [0.5, 0.6) is 5.75 Å². The zero-order chi connectivity index (χ0) is 17.3. The highest BCUT2D eigenvalue weighted by Gasteiger charge is 2.12. The first-order valence-corrected chi connectivity index (χ1v) is 7.95. The molecule has 2 heterocycles. The second kappa shape index (κ2) is 6.70. The summed E-state index contributed by atoms with van der Waals surface area (Å²) < 4.78 is 30.8. The zero-order valence-corrected chi connectivity index (χ0v) is 13.9. The third-order valence-corrected chi connectivity index (χ3v) is 4.33. The van der Waals surface area contributed by atoms with Crippen LogP contribution in [0.2, 0.25) is 5.02 Å². The molecule has 3 rings (SSSR count). The van der Waals surface area contributed by atoms with Crippen molar-refractivity contribution >= 4 is 44.2 Å². The molecule has 24 heavy (non-hydrogen) atoms. The molecule has 0 aliphatic rings. The summed E-state index contributed by atoms with van der Waals surface area (Å²) in [6, 6.07) is 4.40. The zero-order valence-electron chi connectivity index (χ0n) is 12.3. The maximum Gasteiger partial charge on any atom is 0.387 e. The molecule has 126 valence electrons. The first kappa shape index (κ1) is 16.6. The van der Waals surface area contributed by atoms with Gasteiger partial charge in [-0.05, 0) is 25.1 Å². The van der Waals surface area contributed by atoms with Gasteiger partial charge in [0.1, 0.15) is 12.3 Å². The largest absolute Gasteiger partial charge is 0.435 e. The van der Waals surface area contributed by atoms with Gasteiger partial charge < -0.3 is 10.1 Å². The molecule has 0 saturated heterocycles. The van der Waals surface area contributed by atoms with Crippen molar-refractivity contribution in [3.8, 4) is 5.75 Å². The molecule has 3 aromatic rings. The Balaban J connectivity index is 1.71. The number of carbonyl (C=O) groups is 1. The van der Waals surface area contributed by atoms with Gasteiger partial charge in [-0.1, -0.05) is 22.9 Å². The molecule has 0 atom stereocenters. The van der Waals surface area contributed by atoms with Gasteiger partial charge in [0, 0.05) is 6.20 Å². The van der Waals surface area contributed by atoms with E-state index in [1.165, 1.54) is 16.8 Å². The van der Waals surface area contributed by atoms with Gasteiger partial charge in [-0.25, -0.2) is 4.98 Å². The molecule has 0 aliphatic carbocycles. The molecule has 0 spiro atoms. The highest BCUT2D eigenvalue weighted by Crippen LogP contribution is 2.29. The van der Waals surface area contributed by atoms with Gasteiger partial charge in [0.25, 0.3) is 0 Å². The van der Waals surface area contributed by atoms with Gasteiger partial charge in [-0.3, -0.25) is 9.48 Å². The lowest BCUT2D eigenvalue weighted by Gasteiger charge is -2.02. The molecule has 10 heteroatoms. The fourth-order valence-corrected chi connectivity index (χ4v) is 3.08. The van der Waals surface area contributed by atoms with Crippen LogP contribution in [0.25, 0.3) is 10.2 Å². The maximum atomic E-state index is 12.2. The quantitative estimate of drug-likeness (QED) is 0.741. The van der Waals surface area contributed by atoms with Crippen LogP contribution in [0.3, 0.4) is 0 Å². The molecule has 0 saturated carbocycles. The number of ether oxygens (including phenoxy) is 1. The van der Waals surface area contributed by atoms with Crippen molar-refractivity contribution in [3.05, 3.63) is 35.1 Å². The van der Waals surface area contributed by atoms with Gasteiger partial charge in [-0.15, -0.1) is 0 Å². The Kier molecular flexibility index (Phi) is 4.63. The summed E-state index contributed by atoms with van der Waals surface area (Å²) in [7, 11) is 0. The number of alkyl halides is 2. The lowest BCUT2D eigenvalue weighted by molar-refractivity contribution is -0.116. The van der Waals surface area contributed by atoms with E-state index in [2.05, 4.69) is 20.1 Å². The Morgan fingerprint density at radius 1 is 1.50 bits per heavy atom. The van der Waals surface area contributed by atoms with Crippen LogP contribution in [0.15, 0.2) is 24.4 Å². The number of aromatic nitrogens is 3. The molecule has 0 fully saturated rings. The Hall–Kier alpha value is -2.26. The maximum absolute atomic E-state index is 12.2. The minimum absolute atomic E-state index is 0.0107. The van der Waals surface area contributed by atoms with Crippen molar-refractivity contribution in [1.82, 2.24) is 14.8 Å². The average Bonchev–Trinajstić information content (AvgIpc) is 3.00. The number of benzene rings is 1. The van der Waals surface area contributed by atoms with E-state index >= 15 is 0 Å². The molecule has 1 amide bonds. The molecule has 2 aromatic heterocycles. The van der Waals surface area contributed by atoms with Gasteiger partial charge >= 0.3 is 6.61 Å². The fourth-order valence-electron chi connectivity index (χ4n) is 2.02. The Morgan fingerprint density at radius 3 is 2.96 bits per heavy atom. The topological polar surface area (TPSA) is 69.0 Å². The summed E-state index contributed by atoms with van der Waals surface area (Å²) >= 11 is 7.05. The van der Waals surface area contributed by atoms with Crippen molar-refractivity contribution in [2.24, 2.45) is 0 Å². The first-order valence-electron chi connectivity index (χ1n) is 6.75. The molecule has 6 nitrogen and oxygen atoms in total. The molecule has 0 aliphatic heterocycles. The molecular formula is C14H11ClF2N4O2S. The Morgan fingerprint density at radius 2 is 2.29 bits per heavy atom. The second-order valence-corrected chi connectivity index (χ2v) is 6.27. The van der Waals surface area contributed by atoms with Gasteiger partial charge in [-0.2, -0.15) is 13.9 Å². The van der Waals surface area contributed by atoms with E-state index in [4.69, 9.17) is 11.6 Å². The van der Waals surface area contributed by atoms with Crippen molar-refractivity contribution in [1.29, 1.82) is 0 Å². The third kappa shape index (κ3) is 3.80. The average molecular weight is 373 g/mol. The monoisotopic (exact) mass is 372 g/mol. The van der Waals surface area contributed by atoms with E-state index in [9.17, 15) is 13.6 Å². The van der Waals surface area contributed by atoms with Gasteiger partial charge in [0.2, 0.25) is 5.91 Å². The molecule has 0 unspecified atom stereocenters. The minimum Gasteiger partial charge on any atom is -0.435 e. The number of hydrogen-bond donors (Lipinski definition) is 1. The summed E-state index contributed by atoms with van der Waals surface area (Å²) in [6.45, 7) is -1.16. The number of rotatable bonds is 5.